The molecule has 2 bridgehead atoms. The van der Waals surface area contributed by atoms with Crippen LogP contribution in [0.1, 0.15) is 108 Å². The molecule has 6 heteroatoms. The van der Waals surface area contributed by atoms with Gasteiger partial charge in [0.1, 0.15) is 11.9 Å². The Morgan fingerprint density at radius 3 is 2.17 bits per heavy atom. The van der Waals surface area contributed by atoms with Crippen molar-refractivity contribution in [1.29, 1.82) is 0 Å². The number of ether oxygens (including phenoxy) is 2. The molecule has 2 aliphatic carbocycles. The van der Waals surface area contributed by atoms with E-state index in [0.717, 1.165) is 11.1 Å². The van der Waals surface area contributed by atoms with E-state index in [9.17, 15) is 14.7 Å². The Hall–Kier alpha value is -2.31. The van der Waals surface area contributed by atoms with Gasteiger partial charge in [0.25, 0.3) is 0 Å². The van der Waals surface area contributed by atoms with Crippen molar-refractivity contribution >= 4 is 17.3 Å². The van der Waals surface area contributed by atoms with Gasteiger partial charge in [-0.25, -0.2) is 0 Å². The molecular weight excluding hydrogens is 528 g/mol. The Morgan fingerprint density at radius 1 is 1.07 bits per heavy atom. The zero-order chi connectivity index (χ0) is 32.1. The Labute approximate surface area is 253 Å². The summed E-state index contributed by atoms with van der Waals surface area (Å²) in [5.41, 5.74) is -3.18. The molecule has 1 aliphatic heterocycles. The molecule has 1 heterocycles. The monoisotopic (exact) mass is 582 g/mol. The van der Waals surface area contributed by atoms with Crippen molar-refractivity contribution in [2.24, 2.45) is 28.1 Å². The number of carbonyl (C=O) groups excluding carboxylic acids is 3. The molecule has 0 spiro atoms. The molecule has 5 atom stereocenters. The molecule has 0 unspecified atom stereocenters. The molecule has 3 aliphatic rings. The summed E-state index contributed by atoms with van der Waals surface area (Å²) in [5, 5.41) is 11.0. The average Bonchev–Trinajstić information content (AvgIpc) is 3.33. The lowest BCUT2D eigenvalue weighted by molar-refractivity contribution is -0.180. The van der Waals surface area contributed by atoms with E-state index in [2.05, 4.69) is 6.08 Å². The number of methoxy groups -OCH3 is 1. The van der Waals surface area contributed by atoms with Crippen LogP contribution in [0.5, 0.6) is 0 Å². The zero-order valence-corrected chi connectivity index (χ0v) is 28.1. The molecular formula is C36H54O6. The smallest absolute Gasteiger partial charge is 0.176 e. The molecule has 0 aromatic carbocycles. The van der Waals surface area contributed by atoms with Gasteiger partial charge in [-0.2, -0.15) is 0 Å². The highest BCUT2D eigenvalue weighted by Crippen LogP contribution is 2.69. The minimum absolute atomic E-state index is 0.170. The van der Waals surface area contributed by atoms with Crippen molar-refractivity contribution in [1.82, 2.24) is 0 Å². The first-order chi connectivity index (χ1) is 19.2. The molecule has 0 amide bonds. The summed E-state index contributed by atoms with van der Waals surface area (Å²) in [7, 11) is 1.65. The Kier molecular flexibility index (Phi) is 9.48. The van der Waals surface area contributed by atoms with Crippen molar-refractivity contribution in [3.05, 3.63) is 46.8 Å². The predicted octanol–water partition coefficient (Wildman–Crippen LogP) is 7.26. The summed E-state index contributed by atoms with van der Waals surface area (Å²) >= 11 is 0. The Balaban J connectivity index is 2.47. The highest BCUT2D eigenvalue weighted by molar-refractivity contribution is 6.28. The van der Waals surface area contributed by atoms with E-state index in [-0.39, 0.29) is 41.9 Å². The molecule has 42 heavy (non-hydrogen) atoms. The molecule has 3 rings (SSSR count). The molecule has 1 saturated carbocycles. The minimum Gasteiger partial charge on any atom is -0.489 e. The maximum absolute atomic E-state index is 15.3. The van der Waals surface area contributed by atoms with Gasteiger partial charge in [0.15, 0.2) is 22.8 Å². The number of Topliss-reactive ketones (excluding diaryl/α,β-unsaturated/α-hetero) is 3. The average molecular weight is 583 g/mol. The van der Waals surface area contributed by atoms with Gasteiger partial charge in [-0.05, 0) is 87.0 Å². The fourth-order valence-corrected chi connectivity index (χ4v) is 7.23. The molecule has 6 nitrogen and oxygen atoms in total. The van der Waals surface area contributed by atoms with E-state index in [1.54, 1.807) is 21.0 Å². The normalized spacial score (nSPS) is 31.4. The fraction of sp³-hybridized carbons (Fsp3) is 0.694. The van der Waals surface area contributed by atoms with Crippen LogP contribution in [-0.2, 0) is 23.9 Å². The molecule has 1 fully saturated rings. The number of hydrogen-bond donors (Lipinski definition) is 1. The lowest BCUT2D eigenvalue weighted by Gasteiger charge is -2.61. The summed E-state index contributed by atoms with van der Waals surface area (Å²) in [6, 6.07) is 0. The van der Waals surface area contributed by atoms with Gasteiger partial charge in [-0.3, -0.25) is 14.4 Å². The van der Waals surface area contributed by atoms with Crippen molar-refractivity contribution in [2.75, 3.05) is 7.11 Å². The number of rotatable bonds is 11. The van der Waals surface area contributed by atoms with Crippen LogP contribution in [-0.4, -0.2) is 46.9 Å². The summed E-state index contributed by atoms with van der Waals surface area (Å²) in [5.74, 6) is -1.24. The van der Waals surface area contributed by atoms with Crippen molar-refractivity contribution in [3.8, 4) is 0 Å². The highest BCUT2D eigenvalue weighted by Gasteiger charge is 2.77. The third-order valence-corrected chi connectivity index (χ3v) is 10.0. The van der Waals surface area contributed by atoms with Crippen molar-refractivity contribution in [3.63, 3.8) is 0 Å². The summed E-state index contributed by atoms with van der Waals surface area (Å²) in [6.07, 6.45) is 9.24. The third-order valence-electron chi connectivity index (χ3n) is 10.0. The van der Waals surface area contributed by atoms with Gasteiger partial charge >= 0.3 is 0 Å². The van der Waals surface area contributed by atoms with E-state index in [1.165, 1.54) is 0 Å². The second-order valence-corrected chi connectivity index (χ2v) is 15.0. The van der Waals surface area contributed by atoms with E-state index in [1.807, 2.05) is 80.5 Å². The summed E-state index contributed by atoms with van der Waals surface area (Å²) in [6.45, 7) is 20.9. The van der Waals surface area contributed by atoms with Crippen molar-refractivity contribution < 1.29 is 29.0 Å². The third kappa shape index (κ3) is 5.54. The maximum atomic E-state index is 15.3. The zero-order valence-electron chi connectivity index (χ0n) is 28.1. The number of allylic oxidation sites excluding steroid dienone is 6. The van der Waals surface area contributed by atoms with Crippen LogP contribution in [0.15, 0.2) is 46.8 Å². The fourth-order valence-electron chi connectivity index (χ4n) is 7.23. The molecule has 0 aromatic heterocycles. The van der Waals surface area contributed by atoms with E-state index in [0.29, 0.717) is 24.8 Å². The van der Waals surface area contributed by atoms with Crippen LogP contribution in [0, 0.1) is 28.1 Å². The van der Waals surface area contributed by atoms with Crippen LogP contribution in [0.4, 0.5) is 0 Å². The van der Waals surface area contributed by atoms with Gasteiger partial charge in [0.05, 0.1) is 16.6 Å². The number of carbonyl (C=O) groups is 3. The molecule has 1 N–H and O–H groups in total. The number of aliphatic hydroxyl groups is 1. The Morgan fingerprint density at radius 2 is 1.67 bits per heavy atom. The first kappa shape index (κ1) is 34.2. The first-order valence-corrected chi connectivity index (χ1v) is 15.5. The van der Waals surface area contributed by atoms with Crippen LogP contribution in [0.25, 0.3) is 0 Å². The number of hydrogen-bond acceptors (Lipinski definition) is 6. The standard InChI is InChI=1S/C36H54O6/c1-22(2)14-15-25-21-35(19-16-23(3)4)29(38)26-20-27(33(9,10)40)42-30(26)36(31(35)39,28(37)24(5)6)34(25,11)18-13-17-32(7,8)41-12/h13-14,16-17,24-25,27,40H,15,18-21H2,1-12H3/b17-13+/t25-,27-,34+,35+,36-/m0/s1. The quantitative estimate of drug-likeness (QED) is 0.204. The topological polar surface area (TPSA) is 89.9 Å². The Bertz CT molecular complexity index is 1230. The summed E-state index contributed by atoms with van der Waals surface area (Å²) in [4.78, 5) is 44.8. The highest BCUT2D eigenvalue weighted by atomic mass is 16.5. The van der Waals surface area contributed by atoms with Crippen molar-refractivity contribution in [2.45, 2.75) is 126 Å². The molecule has 0 saturated heterocycles. The maximum Gasteiger partial charge on any atom is 0.176 e. The van der Waals surface area contributed by atoms with Gasteiger partial charge < -0.3 is 14.6 Å². The van der Waals surface area contributed by atoms with Gasteiger partial charge in [0.2, 0.25) is 0 Å². The first-order valence-electron chi connectivity index (χ1n) is 15.5. The van der Waals surface area contributed by atoms with E-state index < -0.39 is 39.5 Å². The minimum atomic E-state index is -1.67. The van der Waals surface area contributed by atoms with Crippen LogP contribution < -0.4 is 0 Å². The predicted molar refractivity (Wildman–Crippen MR) is 167 cm³/mol. The number of ketones is 3. The van der Waals surface area contributed by atoms with Crippen LogP contribution in [0.2, 0.25) is 0 Å². The largest absolute Gasteiger partial charge is 0.489 e. The van der Waals surface area contributed by atoms with Gasteiger partial charge in [0, 0.05) is 30.4 Å². The molecule has 0 radical (unpaired) electrons. The second kappa shape index (κ2) is 11.6. The molecule has 0 aromatic rings. The van der Waals surface area contributed by atoms with E-state index in [4.69, 9.17) is 9.47 Å². The van der Waals surface area contributed by atoms with Gasteiger partial charge in [-0.1, -0.05) is 56.2 Å². The second-order valence-electron chi connectivity index (χ2n) is 15.0. The SMILES string of the molecule is COC(C)(C)/C=C/C[C@]1(C)[C@@H](CC=C(C)C)C[C@]2(CC=C(C)C)C(=O)C3=C(O[C@H](C(C)(C)O)C3)[C@@]1(C(=O)C(C)C)C2=O. The lowest BCUT2D eigenvalue weighted by Crippen LogP contribution is -2.69. The van der Waals surface area contributed by atoms with Gasteiger partial charge in [-0.15, -0.1) is 0 Å². The number of fused-ring (bicyclic) bond motifs is 3. The van der Waals surface area contributed by atoms with Crippen LogP contribution in [0.3, 0.4) is 0 Å². The van der Waals surface area contributed by atoms with Crippen LogP contribution >= 0.6 is 0 Å². The lowest BCUT2D eigenvalue weighted by atomic mass is 9.38. The molecule has 234 valence electrons. The van der Waals surface area contributed by atoms with E-state index >= 15 is 4.79 Å². The summed E-state index contributed by atoms with van der Waals surface area (Å²) < 4.78 is 12.2.